The Labute approximate surface area is 208 Å². The van der Waals surface area contributed by atoms with Crippen molar-refractivity contribution in [3.05, 3.63) is 46.6 Å². The van der Waals surface area contributed by atoms with E-state index in [0.717, 1.165) is 50.0 Å². The average Bonchev–Trinajstić information content (AvgIpc) is 3.09. The Morgan fingerprint density at radius 1 is 1.14 bits per heavy atom. The Bertz CT molecular complexity index is 1200. The molecule has 0 bridgehead atoms. The Morgan fingerprint density at radius 3 is 2.71 bits per heavy atom. The van der Waals surface area contributed by atoms with Crippen LogP contribution >= 0.6 is 0 Å². The maximum Gasteiger partial charge on any atom is 0.161 e. The summed E-state index contributed by atoms with van der Waals surface area (Å²) in [6, 6.07) is 6.40. The molecule has 1 aromatic rings. The lowest BCUT2D eigenvalue weighted by molar-refractivity contribution is -0.114. The normalized spacial score (nSPS) is 37.5. The van der Waals surface area contributed by atoms with E-state index >= 15 is 0 Å². The Kier molecular flexibility index (Phi) is 5.42. The Morgan fingerprint density at radius 2 is 1.94 bits per heavy atom. The van der Waals surface area contributed by atoms with Gasteiger partial charge in [0.05, 0.1) is 0 Å². The van der Waals surface area contributed by atoms with Crippen molar-refractivity contribution in [1.82, 2.24) is 0 Å². The van der Waals surface area contributed by atoms with E-state index in [2.05, 4.69) is 37.8 Å². The highest BCUT2D eigenvalue weighted by molar-refractivity contribution is 5.93. The first-order chi connectivity index (χ1) is 16.9. The lowest BCUT2D eigenvalue weighted by Gasteiger charge is -2.54. The van der Waals surface area contributed by atoms with Crippen LogP contribution in [0.4, 0.5) is 0 Å². The summed E-state index contributed by atoms with van der Waals surface area (Å²) in [5.41, 5.74) is 4.15. The molecule has 1 aliphatic heterocycles. The van der Waals surface area contributed by atoms with Crippen LogP contribution in [0.3, 0.4) is 0 Å². The van der Waals surface area contributed by atoms with E-state index in [1.165, 1.54) is 22.3 Å². The molecule has 0 unspecified atom stereocenters. The van der Waals surface area contributed by atoms with Crippen LogP contribution in [0, 0.1) is 35.0 Å². The summed E-state index contributed by atoms with van der Waals surface area (Å²) >= 11 is 0. The number of allylic oxidation sites excluding steroid dienone is 4. The van der Waals surface area contributed by atoms with E-state index in [-0.39, 0.29) is 23.0 Å². The van der Waals surface area contributed by atoms with Gasteiger partial charge in [-0.3, -0.25) is 4.79 Å². The van der Waals surface area contributed by atoms with Gasteiger partial charge in [-0.05, 0) is 98.1 Å². The second-order valence-corrected chi connectivity index (χ2v) is 11.4. The first-order valence-electron chi connectivity index (χ1n) is 13.4. The fourth-order valence-electron chi connectivity index (χ4n) is 8.30. The third-order valence-corrected chi connectivity index (χ3v) is 9.90. The quantitative estimate of drug-likeness (QED) is 0.557. The molecule has 1 heterocycles. The maximum atomic E-state index is 12.3. The second kappa shape index (κ2) is 8.27. The van der Waals surface area contributed by atoms with Gasteiger partial charge in [-0.15, -0.1) is 5.92 Å². The topological polar surface area (TPSA) is 55.8 Å². The van der Waals surface area contributed by atoms with Gasteiger partial charge in [0.2, 0.25) is 0 Å². The van der Waals surface area contributed by atoms with Gasteiger partial charge in [0.25, 0.3) is 0 Å². The first-order valence-corrected chi connectivity index (χ1v) is 13.4. The second-order valence-electron chi connectivity index (χ2n) is 11.4. The van der Waals surface area contributed by atoms with Crippen LogP contribution < -0.4 is 9.47 Å². The molecular formula is C31H36O4. The molecule has 0 amide bonds. The number of hydrogen-bond acceptors (Lipinski definition) is 4. The molecule has 0 aromatic heterocycles. The molecule has 4 nitrogen and oxygen atoms in total. The van der Waals surface area contributed by atoms with E-state index in [1.807, 2.05) is 19.1 Å². The minimum Gasteiger partial charge on any atom is -0.486 e. The van der Waals surface area contributed by atoms with E-state index in [4.69, 9.17) is 9.47 Å². The van der Waals surface area contributed by atoms with Gasteiger partial charge in [-0.25, -0.2) is 0 Å². The summed E-state index contributed by atoms with van der Waals surface area (Å²) in [4.78, 5) is 12.3. The fourth-order valence-corrected chi connectivity index (χ4v) is 8.30. The van der Waals surface area contributed by atoms with Crippen molar-refractivity contribution in [1.29, 1.82) is 0 Å². The minimum atomic E-state index is -0.984. The van der Waals surface area contributed by atoms with E-state index in [1.54, 1.807) is 0 Å². The van der Waals surface area contributed by atoms with Crippen LogP contribution in [0.1, 0.15) is 77.2 Å². The van der Waals surface area contributed by atoms with Gasteiger partial charge in [-0.1, -0.05) is 31.4 Å². The molecule has 1 N–H and O–H groups in total. The van der Waals surface area contributed by atoms with E-state index in [0.29, 0.717) is 31.5 Å². The van der Waals surface area contributed by atoms with Crippen molar-refractivity contribution in [3.8, 4) is 23.3 Å². The van der Waals surface area contributed by atoms with Gasteiger partial charge >= 0.3 is 0 Å². The van der Waals surface area contributed by atoms with Crippen LogP contribution in [0.2, 0.25) is 0 Å². The molecule has 184 valence electrons. The van der Waals surface area contributed by atoms with E-state index < -0.39 is 5.60 Å². The number of ketones is 1. The summed E-state index contributed by atoms with van der Waals surface area (Å²) < 4.78 is 11.8. The van der Waals surface area contributed by atoms with Crippen LogP contribution in [0.5, 0.6) is 11.5 Å². The third kappa shape index (κ3) is 3.27. The van der Waals surface area contributed by atoms with Crippen LogP contribution in [-0.4, -0.2) is 29.7 Å². The number of rotatable bonds is 2. The van der Waals surface area contributed by atoms with Gasteiger partial charge in [0, 0.05) is 17.8 Å². The lowest BCUT2D eigenvalue weighted by atomic mass is 9.51. The largest absolute Gasteiger partial charge is 0.486 e. The van der Waals surface area contributed by atoms with Gasteiger partial charge in [0.1, 0.15) is 18.8 Å². The van der Waals surface area contributed by atoms with E-state index in [9.17, 15) is 9.90 Å². The van der Waals surface area contributed by atoms with Crippen LogP contribution in [-0.2, 0) is 4.79 Å². The number of aliphatic hydroxyl groups is 1. The molecule has 5 aliphatic rings. The monoisotopic (exact) mass is 472 g/mol. The molecule has 0 spiro atoms. The van der Waals surface area contributed by atoms with Crippen molar-refractivity contribution in [2.45, 2.75) is 77.2 Å². The molecule has 4 heteroatoms. The summed E-state index contributed by atoms with van der Waals surface area (Å²) in [6.45, 7) is 7.50. The summed E-state index contributed by atoms with van der Waals surface area (Å²) in [7, 11) is 0. The molecule has 4 aliphatic carbocycles. The lowest BCUT2D eigenvalue weighted by Crippen LogP contribution is -2.52. The molecule has 0 saturated heterocycles. The van der Waals surface area contributed by atoms with Crippen molar-refractivity contribution in [3.63, 3.8) is 0 Å². The highest BCUT2D eigenvalue weighted by atomic mass is 16.6. The molecule has 6 rings (SSSR count). The highest BCUT2D eigenvalue weighted by Gasteiger charge is 2.66. The zero-order valence-corrected chi connectivity index (χ0v) is 21.2. The molecule has 2 saturated carbocycles. The zero-order valence-electron chi connectivity index (χ0n) is 21.2. The number of hydrogen-bond donors (Lipinski definition) is 1. The molecule has 35 heavy (non-hydrogen) atoms. The average molecular weight is 473 g/mol. The molecular weight excluding hydrogens is 436 g/mol. The summed E-state index contributed by atoms with van der Waals surface area (Å²) in [5, 5.41) is 12.2. The minimum absolute atomic E-state index is 0.171. The first kappa shape index (κ1) is 22.9. The zero-order chi connectivity index (χ0) is 24.4. The predicted molar refractivity (Wildman–Crippen MR) is 135 cm³/mol. The fraction of sp³-hybridized carbons (Fsp3) is 0.581. The van der Waals surface area contributed by atoms with Crippen LogP contribution in [0.15, 0.2) is 41.0 Å². The van der Waals surface area contributed by atoms with Crippen molar-refractivity contribution in [2.75, 3.05) is 13.2 Å². The van der Waals surface area contributed by atoms with Crippen molar-refractivity contribution in [2.24, 2.45) is 23.2 Å². The number of carbonyl (C=O) groups is 1. The summed E-state index contributed by atoms with van der Waals surface area (Å²) in [5.74, 6) is 9.47. The predicted octanol–water partition coefficient (Wildman–Crippen LogP) is 5.75. The highest BCUT2D eigenvalue weighted by Crippen LogP contribution is 2.68. The van der Waals surface area contributed by atoms with Gasteiger partial charge < -0.3 is 14.6 Å². The number of fused-ring (bicyclic) bond motifs is 5. The van der Waals surface area contributed by atoms with Crippen molar-refractivity contribution >= 4 is 5.78 Å². The molecule has 6 atom stereocenters. The number of ether oxygens (including phenoxy) is 2. The smallest absolute Gasteiger partial charge is 0.161 e. The Balaban J connectivity index is 1.54. The third-order valence-electron chi connectivity index (χ3n) is 9.90. The molecule has 0 radical (unpaired) electrons. The Hall–Kier alpha value is -2.51. The molecule has 1 aromatic carbocycles. The van der Waals surface area contributed by atoms with Crippen molar-refractivity contribution < 1.29 is 19.4 Å². The standard InChI is InChI=1S/C31H36O4/c1-4-12-31(33)21(5-2)17-26-24-9-6-19-15-22(32)8-10-23(19)29(24)25(18-30(26,31)3)20-7-11-27-28(16-20)35-14-13-34-27/h7,11,15-16,21,24-26,33H,5-6,8-10,13-14,17-18H2,1-3H3/t21-,24+,25-,26+,30+,31+/m1/s1. The molecule has 2 fully saturated rings. The number of benzene rings is 1. The summed E-state index contributed by atoms with van der Waals surface area (Å²) in [6.07, 6.45) is 8.19. The SMILES string of the molecule is CC#C[C@]1(O)[C@H](CC)C[C@H]2[C@@H]3CCC4=CC(=O)CCC4=C3[C@@H](c3ccc4c(c3)OCCO4)C[C@@]21C. The van der Waals surface area contributed by atoms with Crippen LogP contribution in [0.25, 0.3) is 0 Å². The van der Waals surface area contributed by atoms with Gasteiger partial charge in [-0.2, -0.15) is 0 Å². The maximum absolute atomic E-state index is 12.3. The number of carbonyl (C=O) groups excluding carboxylic acids is 1. The van der Waals surface area contributed by atoms with Gasteiger partial charge in [0.15, 0.2) is 17.3 Å².